The number of aromatic nitrogens is 2. The Kier molecular flexibility index (Phi) is 6.54. The summed E-state index contributed by atoms with van der Waals surface area (Å²) in [6.45, 7) is 4.33. The second-order valence-corrected chi connectivity index (χ2v) is 7.76. The fourth-order valence-corrected chi connectivity index (χ4v) is 3.97. The molecule has 1 aliphatic rings. The van der Waals surface area contributed by atoms with Crippen LogP contribution in [0.4, 0.5) is 16.2 Å². The molecular formula is C24H28FN5. The fourth-order valence-electron chi connectivity index (χ4n) is 3.97. The highest BCUT2D eigenvalue weighted by Crippen LogP contribution is 2.30. The zero-order chi connectivity index (χ0) is 20.8. The third-order valence-electron chi connectivity index (χ3n) is 5.53. The molecule has 2 aromatic carbocycles. The van der Waals surface area contributed by atoms with Crippen molar-refractivity contribution in [2.24, 2.45) is 0 Å². The number of nitrogens with one attached hydrogen (secondary N) is 1. The smallest absolute Gasteiger partial charge is 0.221 e. The summed E-state index contributed by atoms with van der Waals surface area (Å²) >= 11 is 0. The molecule has 1 saturated heterocycles. The number of hydrogen-bond donors (Lipinski definition) is 2. The van der Waals surface area contributed by atoms with E-state index in [1.165, 1.54) is 38.4 Å². The second-order valence-electron chi connectivity index (χ2n) is 7.76. The largest absolute Gasteiger partial charge is 0.369 e. The molecule has 2 heterocycles. The molecule has 0 spiro atoms. The van der Waals surface area contributed by atoms with Crippen molar-refractivity contribution in [2.45, 2.75) is 25.7 Å². The van der Waals surface area contributed by atoms with Gasteiger partial charge in [0.2, 0.25) is 5.95 Å². The molecule has 6 heteroatoms. The van der Waals surface area contributed by atoms with E-state index in [2.05, 4.69) is 20.2 Å². The molecule has 5 nitrogen and oxygen atoms in total. The van der Waals surface area contributed by atoms with Gasteiger partial charge in [-0.15, -0.1) is 0 Å². The monoisotopic (exact) mass is 405 g/mol. The molecular weight excluding hydrogens is 377 g/mol. The molecule has 156 valence electrons. The summed E-state index contributed by atoms with van der Waals surface area (Å²) in [6.07, 6.45) is 6.77. The normalized spacial score (nSPS) is 14.6. The number of hydrogen-bond acceptors (Lipinski definition) is 5. The first-order valence-electron chi connectivity index (χ1n) is 10.6. The van der Waals surface area contributed by atoms with Crippen LogP contribution in [0.3, 0.4) is 0 Å². The minimum atomic E-state index is -0.246. The van der Waals surface area contributed by atoms with Crippen molar-refractivity contribution in [3.63, 3.8) is 0 Å². The molecule has 1 fully saturated rings. The van der Waals surface area contributed by atoms with E-state index in [1.807, 2.05) is 30.3 Å². The van der Waals surface area contributed by atoms with Gasteiger partial charge in [-0.1, -0.05) is 36.8 Å². The topological polar surface area (TPSA) is 67.1 Å². The Bertz CT molecular complexity index is 985. The van der Waals surface area contributed by atoms with Crippen LogP contribution in [0.15, 0.2) is 54.7 Å². The van der Waals surface area contributed by atoms with Gasteiger partial charge in [-0.25, -0.2) is 9.37 Å². The fraction of sp³-hybridized carbons (Fsp3) is 0.333. The summed E-state index contributed by atoms with van der Waals surface area (Å²) in [6, 6.07) is 14.6. The van der Waals surface area contributed by atoms with Crippen LogP contribution in [0.2, 0.25) is 0 Å². The minimum absolute atomic E-state index is 0.246. The lowest BCUT2D eigenvalue weighted by Crippen LogP contribution is -2.31. The first-order valence-corrected chi connectivity index (χ1v) is 10.6. The molecule has 1 aromatic heterocycles. The number of nitrogens with zero attached hydrogens (tertiary/aromatic N) is 3. The van der Waals surface area contributed by atoms with Gasteiger partial charge >= 0.3 is 0 Å². The Morgan fingerprint density at radius 1 is 0.967 bits per heavy atom. The van der Waals surface area contributed by atoms with Gasteiger partial charge < -0.3 is 16.0 Å². The Balaban J connectivity index is 1.49. The molecule has 3 aromatic rings. The minimum Gasteiger partial charge on any atom is -0.369 e. The van der Waals surface area contributed by atoms with Crippen LogP contribution in [0.1, 0.15) is 25.7 Å². The SMILES string of the molecule is Nc1ncc(-c2cccc(-c3cccc(F)c3)c2)c(NCCCN2CCCCC2)n1. The van der Waals surface area contributed by atoms with Crippen LogP contribution in [0, 0.1) is 5.82 Å². The summed E-state index contributed by atoms with van der Waals surface area (Å²) in [5, 5.41) is 3.44. The van der Waals surface area contributed by atoms with Crippen LogP contribution in [0.25, 0.3) is 22.3 Å². The van der Waals surface area contributed by atoms with Crippen molar-refractivity contribution >= 4 is 11.8 Å². The Morgan fingerprint density at radius 2 is 1.70 bits per heavy atom. The zero-order valence-corrected chi connectivity index (χ0v) is 17.1. The summed E-state index contributed by atoms with van der Waals surface area (Å²) in [5.41, 5.74) is 9.49. The average molecular weight is 406 g/mol. The third kappa shape index (κ3) is 5.13. The Morgan fingerprint density at radius 3 is 2.50 bits per heavy atom. The van der Waals surface area contributed by atoms with Crippen LogP contribution in [0.5, 0.6) is 0 Å². The van der Waals surface area contributed by atoms with Gasteiger partial charge in [-0.05, 0) is 73.8 Å². The number of benzene rings is 2. The number of likely N-dealkylation sites (tertiary alicyclic amines) is 1. The van der Waals surface area contributed by atoms with Crippen molar-refractivity contribution in [2.75, 3.05) is 37.2 Å². The average Bonchev–Trinajstić information content (AvgIpc) is 2.78. The lowest BCUT2D eigenvalue weighted by Gasteiger charge is -2.26. The molecule has 0 radical (unpaired) electrons. The molecule has 1 aliphatic heterocycles. The van der Waals surface area contributed by atoms with Crippen molar-refractivity contribution in [1.29, 1.82) is 0 Å². The highest BCUT2D eigenvalue weighted by Gasteiger charge is 2.12. The van der Waals surface area contributed by atoms with Crippen LogP contribution in [-0.2, 0) is 0 Å². The first-order chi connectivity index (χ1) is 14.7. The number of anilines is 2. The maximum absolute atomic E-state index is 13.6. The maximum atomic E-state index is 13.6. The van der Waals surface area contributed by atoms with Crippen LogP contribution < -0.4 is 11.1 Å². The lowest BCUT2D eigenvalue weighted by molar-refractivity contribution is 0.228. The molecule has 4 rings (SSSR count). The number of piperidine rings is 1. The zero-order valence-electron chi connectivity index (χ0n) is 17.1. The summed E-state index contributed by atoms with van der Waals surface area (Å²) in [4.78, 5) is 11.2. The van der Waals surface area contributed by atoms with Gasteiger partial charge in [-0.2, -0.15) is 4.98 Å². The highest BCUT2D eigenvalue weighted by atomic mass is 19.1. The van der Waals surface area contributed by atoms with Crippen molar-refractivity contribution in [3.05, 3.63) is 60.5 Å². The molecule has 0 atom stereocenters. The number of nitrogen functional groups attached to an aromatic ring is 1. The highest BCUT2D eigenvalue weighted by molar-refractivity contribution is 5.79. The van der Waals surface area contributed by atoms with Gasteiger partial charge in [0.25, 0.3) is 0 Å². The summed E-state index contributed by atoms with van der Waals surface area (Å²) in [5.74, 6) is 0.737. The quantitative estimate of drug-likeness (QED) is 0.552. The molecule has 30 heavy (non-hydrogen) atoms. The van der Waals surface area contributed by atoms with E-state index in [-0.39, 0.29) is 11.8 Å². The van der Waals surface area contributed by atoms with Gasteiger partial charge in [0.05, 0.1) is 0 Å². The number of halogens is 1. The number of rotatable bonds is 7. The van der Waals surface area contributed by atoms with E-state index in [4.69, 9.17) is 5.73 Å². The van der Waals surface area contributed by atoms with Gasteiger partial charge in [-0.3, -0.25) is 0 Å². The van der Waals surface area contributed by atoms with Crippen molar-refractivity contribution in [3.8, 4) is 22.3 Å². The number of nitrogens with two attached hydrogens (primary N) is 1. The van der Waals surface area contributed by atoms with Crippen LogP contribution >= 0.6 is 0 Å². The van der Waals surface area contributed by atoms with E-state index < -0.39 is 0 Å². The maximum Gasteiger partial charge on any atom is 0.221 e. The molecule has 0 saturated carbocycles. The van der Waals surface area contributed by atoms with E-state index in [0.717, 1.165) is 47.6 Å². The molecule has 0 unspecified atom stereocenters. The molecule has 0 bridgehead atoms. The van der Waals surface area contributed by atoms with Gasteiger partial charge in [0, 0.05) is 18.3 Å². The van der Waals surface area contributed by atoms with Crippen molar-refractivity contribution < 1.29 is 4.39 Å². The van der Waals surface area contributed by atoms with E-state index in [0.29, 0.717) is 0 Å². The third-order valence-corrected chi connectivity index (χ3v) is 5.53. The van der Waals surface area contributed by atoms with E-state index in [9.17, 15) is 4.39 Å². The lowest BCUT2D eigenvalue weighted by atomic mass is 10.00. The van der Waals surface area contributed by atoms with Gasteiger partial charge in [0.15, 0.2) is 0 Å². The van der Waals surface area contributed by atoms with Crippen LogP contribution in [-0.4, -0.2) is 41.0 Å². The molecule has 0 aliphatic carbocycles. The predicted octanol–water partition coefficient (Wildman–Crippen LogP) is 4.82. The standard InChI is InChI=1S/C24H28FN5/c25-21-10-5-8-19(16-21)18-7-4-9-20(15-18)22-17-28-24(26)29-23(22)27-11-6-14-30-12-2-1-3-13-30/h4-5,7-10,15-17H,1-3,6,11-14H2,(H3,26,27,28,29). The van der Waals surface area contributed by atoms with E-state index in [1.54, 1.807) is 18.3 Å². The van der Waals surface area contributed by atoms with E-state index >= 15 is 0 Å². The van der Waals surface area contributed by atoms with Gasteiger partial charge in [0.1, 0.15) is 11.6 Å². The Hall–Kier alpha value is -2.99. The van der Waals surface area contributed by atoms with Crippen molar-refractivity contribution in [1.82, 2.24) is 14.9 Å². The Labute approximate surface area is 177 Å². The predicted molar refractivity (Wildman–Crippen MR) is 121 cm³/mol. The summed E-state index contributed by atoms with van der Waals surface area (Å²) in [7, 11) is 0. The second kappa shape index (κ2) is 9.67. The molecule has 0 amide bonds. The molecule has 3 N–H and O–H groups in total. The first kappa shape index (κ1) is 20.3. The summed E-state index contributed by atoms with van der Waals surface area (Å²) < 4.78 is 13.6.